The van der Waals surface area contributed by atoms with Gasteiger partial charge in [-0.1, -0.05) is 60.5 Å². The fourth-order valence-corrected chi connectivity index (χ4v) is 3.23. The van der Waals surface area contributed by atoms with Gasteiger partial charge in [-0.25, -0.2) is 0 Å². The van der Waals surface area contributed by atoms with Crippen LogP contribution in [0.25, 0.3) is 0 Å². The summed E-state index contributed by atoms with van der Waals surface area (Å²) in [6.45, 7) is 1.99. The smallest absolute Gasteiger partial charge is 0.165 e. The molecule has 0 aromatic heterocycles. The Kier molecular flexibility index (Phi) is 3.57. The van der Waals surface area contributed by atoms with Gasteiger partial charge < -0.3 is 0 Å². The molecule has 20 heavy (non-hydrogen) atoms. The van der Waals surface area contributed by atoms with Crippen molar-refractivity contribution in [2.75, 3.05) is 0 Å². The van der Waals surface area contributed by atoms with Gasteiger partial charge in [-0.2, -0.15) is 0 Å². The SMILES string of the molecule is CC1CC(c2ccc(Cl)c(Cl)c2)c2ccccc2C1=O. The number of fused-ring (bicyclic) bond motifs is 1. The van der Waals surface area contributed by atoms with E-state index in [0.29, 0.717) is 10.0 Å². The maximum Gasteiger partial charge on any atom is 0.165 e. The van der Waals surface area contributed by atoms with Crippen molar-refractivity contribution in [1.82, 2.24) is 0 Å². The fourth-order valence-electron chi connectivity index (χ4n) is 2.92. The summed E-state index contributed by atoms with van der Waals surface area (Å²) in [4.78, 5) is 12.3. The Labute approximate surface area is 128 Å². The highest BCUT2D eigenvalue weighted by Gasteiger charge is 2.31. The number of halogens is 2. The van der Waals surface area contributed by atoms with E-state index in [9.17, 15) is 4.79 Å². The van der Waals surface area contributed by atoms with E-state index in [1.165, 1.54) is 0 Å². The van der Waals surface area contributed by atoms with Crippen LogP contribution in [0, 0.1) is 5.92 Å². The van der Waals surface area contributed by atoms with Gasteiger partial charge in [-0.3, -0.25) is 4.79 Å². The Hall–Kier alpha value is -1.31. The minimum absolute atomic E-state index is 0.0318. The van der Waals surface area contributed by atoms with Crippen LogP contribution in [0.4, 0.5) is 0 Å². The molecular weight excluding hydrogens is 291 g/mol. The highest BCUT2D eigenvalue weighted by atomic mass is 35.5. The number of ketones is 1. The van der Waals surface area contributed by atoms with Crippen LogP contribution in [0.5, 0.6) is 0 Å². The van der Waals surface area contributed by atoms with Crippen LogP contribution < -0.4 is 0 Å². The van der Waals surface area contributed by atoms with Crippen molar-refractivity contribution >= 4 is 29.0 Å². The second kappa shape index (κ2) is 5.23. The molecule has 0 saturated carbocycles. The van der Waals surface area contributed by atoms with Crippen LogP contribution in [0.3, 0.4) is 0 Å². The minimum atomic E-state index is 0.0318. The van der Waals surface area contributed by atoms with Crippen molar-refractivity contribution in [2.24, 2.45) is 5.92 Å². The molecule has 0 radical (unpaired) electrons. The van der Waals surface area contributed by atoms with Crippen LogP contribution in [0.1, 0.15) is 40.7 Å². The third kappa shape index (κ3) is 2.25. The van der Waals surface area contributed by atoms with Crippen LogP contribution >= 0.6 is 23.2 Å². The molecule has 0 heterocycles. The number of hydrogen-bond donors (Lipinski definition) is 0. The molecule has 0 spiro atoms. The van der Waals surface area contributed by atoms with Crippen molar-refractivity contribution in [3.8, 4) is 0 Å². The quantitative estimate of drug-likeness (QED) is 0.694. The van der Waals surface area contributed by atoms with E-state index in [1.807, 2.05) is 49.4 Å². The number of carbonyl (C=O) groups is 1. The van der Waals surface area contributed by atoms with Gasteiger partial charge in [-0.05, 0) is 29.7 Å². The Morgan fingerprint density at radius 2 is 1.80 bits per heavy atom. The van der Waals surface area contributed by atoms with Crippen LogP contribution in [-0.4, -0.2) is 5.78 Å². The largest absolute Gasteiger partial charge is 0.294 e. The second-order valence-corrected chi connectivity index (χ2v) is 6.13. The van der Waals surface area contributed by atoms with Gasteiger partial charge >= 0.3 is 0 Å². The molecule has 0 N–H and O–H groups in total. The van der Waals surface area contributed by atoms with E-state index < -0.39 is 0 Å². The lowest BCUT2D eigenvalue weighted by atomic mass is 9.74. The lowest BCUT2D eigenvalue weighted by Gasteiger charge is -2.29. The van der Waals surface area contributed by atoms with Gasteiger partial charge in [0.25, 0.3) is 0 Å². The predicted octanol–water partition coefficient (Wildman–Crippen LogP) is 5.35. The molecule has 2 unspecified atom stereocenters. The van der Waals surface area contributed by atoms with Crippen LogP contribution in [0.2, 0.25) is 10.0 Å². The van der Waals surface area contributed by atoms with Gasteiger partial charge in [0.05, 0.1) is 10.0 Å². The van der Waals surface area contributed by atoms with Gasteiger partial charge in [0.15, 0.2) is 5.78 Å². The first-order chi connectivity index (χ1) is 9.58. The molecule has 0 amide bonds. The molecule has 2 aromatic carbocycles. The van der Waals surface area contributed by atoms with Crippen molar-refractivity contribution in [2.45, 2.75) is 19.3 Å². The number of carbonyl (C=O) groups excluding carboxylic acids is 1. The van der Waals surface area contributed by atoms with E-state index in [0.717, 1.165) is 23.1 Å². The molecule has 3 rings (SSSR count). The zero-order chi connectivity index (χ0) is 14.3. The summed E-state index contributed by atoms with van der Waals surface area (Å²) >= 11 is 12.1. The lowest BCUT2D eigenvalue weighted by Crippen LogP contribution is -2.24. The zero-order valence-electron chi connectivity index (χ0n) is 11.1. The molecule has 2 aromatic rings. The molecule has 2 atom stereocenters. The summed E-state index contributed by atoms with van der Waals surface area (Å²) in [5.74, 6) is 0.468. The molecule has 0 saturated heterocycles. The molecule has 1 aliphatic rings. The maximum absolute atomic E-state index is 12.3. The second-order valence-electron chi connectivity index (χ2n) is 5.31. The monoisotopic (exact) mass is 304 g/mol. The molecular formula is C17H14Cl2O. The molecule has 102 valence electrons. The minimum Gasteiger partial charge on any atom is -0.294 e. The first-order valence-electron chi connectivity index (χ1n) is 6.66. The molecule has 0 aliphatic heterocycles. The Morgan fingerprint density at radius 3 is 2.55 bits per heavy atom. The molecule has 0 fully saturated rings. The van der Waals surface area contributed by atoms with Crippen LogP contribution in [-0.2, 0) is 0 Å². The third-order valence-electron chi connectivity index (χ3n) is 3.98. The van der Waals surface area contributed by atoms with E-state index in [1.54, 1.807) is 0 Å². The van der Waals surface area contributed by atoms with Gasteiger partial charge in [0.1, 0.15) is 0 Å². The number of benzene rings is 2. The normalized spacial score (nSPS) is 21.6. The summed E-state index contributed by atoms with van der Waals surface area (Å²) in [6, 6.07) is 13.6. The fraction of sp³-hybridized carbons (Fsp3) is 0.235. The first-order valence-corrected chi connectivity index (χ1v) is 7.41. The summed E-state index contributed by atoms with van der Waals surface area (Å²) in [5.41, 5.74) is 3.04. The lowest BCUT2D eigenvalue weighted by molar-refractivity contribution is 0.0908. The summed E-state index contributed by atoms with van der Waals surface area (Å²) < 4.78 is 0. The molecule has 0 bridgehead atoms. The standard InChI is InChI=1S/C17H14Cl2O/c1-10-8-14(11-6-7-15(18)16(19)9-11)12-4-2-3-5-13(12)17(10)20/h2-7,9-10,14H,8H2,1H3. The maximum atomic E-state index is 12.3. The average Bonchev–Trinajstić information content (AvgIpc) is 2.46. The summed E-state index contributed by atoms with van der Waals surface area (Å²) in [6.07, 6.45) is 0.813. The van der Waals surface area contributed by atoms with Crippen molar-refractivity contribution in [3.63, 3.8) is 0 Å². The highest BCUT2D eigenvalue weighted by molar-refractivity contribution is 6.42. The van der Waals surface area contributed by atoms with E-state index in [-0.39, 0.29) is 17.6 Å². The van der Waals surface area contributed by atoms with E-state index in [4.69, 9.17) is 23.2 Å². The topological polar surface area (TPSA) is 17.1 Å². The average molecular weight is 305 g/mol. The highest BCUT2D eigenvalue weighted by Crippen LogP contribution is 2.40. The Morgan fingerprint density at radius 1 is 1.05 bits per heavy atom. The van der Waals surface area contributed by atoms with E-state index >= 15 is 0 Å². The summed E-state index contributed by atoms with van der Waals surface area (Å²) in [7, 11) is 0. The van der Waals surface area contributed by atoms with Gasteiger partial charge in [-0.15, -0.1) is 0 Å². The van der Waals surface area contributed by atoms with E-state index in [2.05, 4.69) is 0 Å². The number of Topliss-reactive ketones (excluding diaryl/α,β-unsaturated/α-hetero) is 1. The third-order valence-corrected chi connectivity index (χ3v) is 4.72. The number of rotatable bonds is 1. The van der Waals surface area contributed by atoms with Crippen molar-refractivity contribution in [3.05, 3.63) is 69.2 Å². The first kappa shape index (κ1) is 13.7. The zero-order valence-corrected chi connectivity index (χ0v) is 12.6. The molecule has 1 aliphatic carbocycles. The van der Waals surface area contributed by atoms with Crippen LogP contribution in [0.15, 0.2) is 42.5 Å². The molecule has 1 nitrogen and oxygen atoms in total. The van der Waals surface area contributed by atoms with Crippen molar-refractivity contribution in [1.29, 1.82) is 0 Å². The summed E-state index contributed by atoms with van der Waals surface area (Å²) in [5, 5.41) is 1.12. The predicted molar refractivity (Wildman–Crippen MR) is 82.9 cm³/mol. The van der Waals surface area contributed by atoms with Crippen molar-refractivity contribution < 1.29 is 4.79 Å². The Bertz CT molecular complexity index is 678. The van der Waals surface area contributed by atoms with Gasteiger partial charge in [0, 0.05) is 17.4 Å². The van der Waals surface area contributed by atoms with Gasteiger partial charge in [0.2, 0.25) is 0 Å². The molecule has 3 heteroatoms. The number of hydrogen-bond acceptors (Lipinski definition) is 1. The Balaban J connectivity index is 2.12.